The zero-order valence-corrected chi connectivity index (χ0v) is 17.4. The van der Waals surface area contributed by atoms with Crippen molar-refractivity contribution in [3.8, 4) is 23.0 Å². The minimum Gasteiger partial charge on any atom is -0.496 e. The van der Waals surface area contributed by atoms with Crippen molar-refractivity contribution in [1.29, 1.82) is 0 Å². The van der Waals surface area contributed by atoms with Gasteiger partial charge in [-0.25, -0.2) is 4.98 Å². The van der Waals surface area contributed by atoms with Gasteiger partial charge in [-0.3, -0.25) is 4.79 Å². The molecule has 3 aromatic carbocycles. The lowest BCUT2D eigenvalue weighted by atomic mass is 10.1. The van der Waals surface area contributed by atoms with Crippen LogP contribution in [-0.2, 0) is 0 Å². The van der Waals surface area contributed by atoms with Gasteiger partial charge in [0.25, 0.3) is 5.91 Å². The molecule has 30 heavy (non-hydrogen) atoms. The number of hydrogen-bond acceptors (Lipinski definition) is 5. The Labute approximate surface area is 178 Å². The van der Waals surface area contributed by atoms with Gasteiger partial charge in [-0.15, -0.1) is 0 Å². The van der Waals surface area contributed by atoms with Gasteiger partial charge in [0.2, 0.25) is 5.89 Å². The molecular weight excluding hydrogens is 404 g/mol. The molecule has 0 radical (unpaired) electrons. The second-order valence-corrected chi connectivity index (χ2v) is 7.06. The normalized spacial score (nSPS) is 10.8. The number of hydrogen-bond donors (Lipinski definition) is 1. The smallest absolute Gasteiger partial charge is 0.263 e. The van der Waals surface area contributed by atoms with E-state index in [1.165, 1.54) is 14.2 Å². The number of halogens is 1. The highest BCUT2D eigenvalue weighted by molar-refractivity contribution is 6.31. The van der Waals surface area contributed by atoms with Crippen LogP contribution in [0.5, 0.6) is 11.5 Å². The molecule has 0 atom stereocenters. The van der Waals surface area contributed by atoms with Crippen molar-refractivity contribution in [3.05, 3.63) is 70.7 Å². The topological polar surface area (TPSA) is 73.6 Å². The Morgan fingerprint density at radius 2 is 1.77 bits per heavy atom. The number of carbonyl (C=O) groups is 1. The first-order valence-electron chi connectivity index (χ1n) is 9.19. The average molecular weight is 423 g/mol. The van der Waals surface area contributed by atoms with Crippen LogP contribution in [0.2, 0.25) is 5.02 Å². The zero-order valence-electron chi connectivity index (χ0n) is 16.7. The second-order valence-electron chi connectivity index (χ2n) is 6.66. The van der Waals surface area contributed by atoms with Gasteiger partial charge in [0.05, 0.1) is 14.2 Å². The van der Waals surface area contributed by atoms with Crippen LogP contribution < -0.4 is 14.8 Å². The first-order valence-corrected chi connectivity index (χ1v) is 9.57. The van der Waals surface area contributed by atoms with Gasteiger partial charge in [-0.2, -0.15) is 0 Å². The molecule has 0 aliphatic heterocycles. The third kappa shape index (κ3) is 3.69. The predicted octanol–water partition coefficient (Wildman–Crippen LogP) is 5.73. The van der Waals surface area contributed by atoms with Crippen LogP contribution >= 0.6 is 11.6 Å². The first kappa shape index (κ1) is 19.8. The lowest BCUT2D eigenvalue weighted by molar-refractivity contribution is 0.102. The quantitative estimate of drug-likeness (QED) is 0.444. The average Bonchev–Trinajstić information content (AvgIpc) is 3.18. The Kier molecular flexibility index (Phi) is 5.33. The van der Waals surface area contributed by atoms with Gasteiger partial charge in [0, 0.05) is 16.3 Å². The fourth-order valence-electron chi connectivity index (χ4n) is 3.12. The molecule has 0 aliphatic rings. The summed E-state index contributed by atoms with van der Waals surface area (Å²) < 4.78 is 16.5. The fourth-order valence-corrected chi connectivity index (χ4v) is 3.30. The number of fused-ring (bicyclic) bond motifs is 1. The summed E-state index contributed by atoms with van der Waals surface area (Å²) in [6.07, 6.45) is 0. The Hall–Kier alpha value is -3.51. The second kappa shape index (κ2) is 8.08. The van der Waals surface area contributed by atoms with Crippen LogP contribution in [-0.4, -0.2) is 25.1 Å². The molecule has 4 rings (SSSR count). The van der Waals surface area contributed by atoms with Gasteiger partial charge in [-0.05, 0) is 55.0 Å². The first-order chi connectivity index (χ1) is 14.5. The number of nitrogens with zero attached hydrogens (tertiary/aromatic N) is 1. The Bertz CT molecular complexity index is 1230. The third-order valence-corrected chi connectivity index (χ3v) is 5.13. The molecule has 1 aromatic heterocycles. The molecule has 0 fully saturated rings. The summed E-state index contributed by atoms with van der Waals surface area (Å²) in [6.45, 7) is 1.93. The standard InChI is InChI=1S/C23H19ClN2O4/c1-13-7-8-14(11-16(13)24)23-26-17-12-15(9-10-18(17)30-23)25-22(27)21-19(28-2)5-4-6-20(21)29-3/h4-12H,1-3H3,(H,25,27). The van der Waals surface area contributed by atoms with Crippen LogP contribution in [0.4, 0.5) is 5.69 Å². The maximum Gasteiger partial charge on any atom is 0.263 e. The molecule has 152 valence electrons. The van der Waals surface area contributed by atoms with Gasteiger partial charge < -0.3 is 19.2 Å². The van der Waals surface area contributed by atoms with E-state index >= 15 is 0 Å². The Balaban J connectivity index is 1.65. The summed E-state index contributed by atoms with van der Waals surface area (Å²) in [5.41, 5.74) is 3.88. The molecule has 1 heterocycles. The number of oxazole rings is 1. The summed E-state index contributed by atoms with van der Waals surface area (Å²) in [4.78, 5) is 17.4. The van der Waals surface area contributed by atoms with E-state index in [1.807, 2.05) is 25.1 Å². The molecule has 0 bridgehead atoms. The van der Waals surface area contributed by atoms with Crippen molar-refractivity contribution in [2.24, 2.45) is 0 Å². The van der Waals surface area contributed by atoms with Crippen LogP contribution in [0.3, 0.4) is 0 Å². The number of methoxy groups -OCH3 is 2. The Morgan fingerprint density at radius 1 is 1.03 bits per heavy atom. The zero-order chi connectivity index (χ0) is 21.3. The molecule has 0 aliphatic carbocycles. The summed E-state index contributed by atoms with van der Waals surface area (Å²) in [7, 11) is 3.01. The number of amides is 1. The lowest BCUT2D eigenvalue weighted by Crippen LogP contribution is -2.14. The molecule has 1 N–H and O–H groups in total. The number of benzene rings is 3. The highest BCUT2D eigenvalue weighted by Gasteiger charge is 2.19. The summed E-state index contributed by atoms with van der Waals surface area (Å²) >= 11 is 6.22. The van der Waals surface area contributed by atoms with Gasteiger partial charge in [0.1, 0.15) is 22.6 Å². The summed E-state index contributed by atoms with van der Waals surface area (Å²) in [6, 6.07) is 16.1. The highest BCUT2D eigenvalue weighted by Crippen LogP contribution is 2.31. The number of ether oxygens (including phenoxy) is 2. The van der Waals surface area contributed by atoms with E-state index in [0.29, 0.717) is 44.8 Å². The van der Waals surface area contributed by atoms with Crippen LogP contribution in [0.1, 0.15) is 15.9 Å². The SMILES string of the molecule is COc1cccc(OC)c1C(=O)Nc1ccc2oc(-c3ccc(C)c(Cl)c3)nc2c1. The van der Waals surface area contributed by atoms with E-state index in [2.05, 4.69) is 10.3 Å². The molecule has 0 unspecified atom stereocenters. The van der Waals surface area contributed by atoms with E-state index in [4.69, 9.17) is 25.5 Å². The van der Waals surface area contributed by atoms with Gasteiger partial charge in [0.15, 0.2) is 5.58 Å². The monoisotopic (exact) mass is 422 g/mol. The number of anilines is 1. The van der Waals surface area contributed by atoms with Gasteiger partial charge >= 0.3 is 0 Å². The van der Waals surface area contributed by atoms with Crippen molar-refractivity contribution >= 4 is 34.3 Å². The Morgan fingerprint density at radius 3 is 2.43 bits per heavy atom. The highest BCUT2D eigenvalue weighted by atomic mass is 35.5. The molecule has 6 nitrogen and oxygen atoms in total. The van der Waals surface area contributed by atoms with E-state index in [0.717, 1.165) is 11.1 Å². The maximum atomic E-state index is 12.9. The molecule has 0 spiro atoms. The lowest BCUT2D eigenvalue weighted by Gasteiger charge is -2.12. The number of carbonyl (C=O) groups excluding carboxylic acids is 1. The van der Waals surface area contributed by atoms with Gasteiger partial charge in [-0.1, -0.05) is 23.7 Å². The summed E-state index contributed by atoms with van der Waals surface area (Å²) in [5, 5.41) is 3.51. The minimum absolute atomic E-state index is 0.317. The molecule has 4 aromatic rings. The van der Waals surface area contributed by atoms with Crippen molar-refractivity contribution in [1.82, 2.24) is 4.98 Å². The molecule has 7 heteroatoms. The predicted molar refractivity (Wildman–Crippen MR) is 117 cm³/mol. The van der Waals surface area contributed by atoms with Crippen LogP contribution in [0.15, 0.2) is 59.0 Å². The fraction of sp³-hybridized carbons (Fsp3) is 0.130. The van der Waals surface area contributed by atoms with Crippen molar-refractivity contribution < 1.29 is 18.7 Å². The van der Waals surface area contributed by atoms with E-state index in [-0.39, 0.29) is 5.91 Å². The molecule has 0 saturated heterocycles. The number of rotatable bonds is 5. The number of aryl methyl sites for hydroxylation is 1. The minimum atomic E-state index is -0.349. The van der Waals surface area contributed by atoms with Crippen molar-refractivity contribution in [2.75, 3.05) is 19.5 Å². The summed E-state index contributed by atoms with van der Waals surface area (Å²) in [5.74, 6) is 0.959. The van der Waals surface area contributed by atoms with Crippen LogP contribution in [0.25, 0.3) is 22.6 Å². The van der Waals surface area contributed by atoms with E-state index in [9.17, 15) is 4.79 Å². The van der Waals surface area contributed by atoms with E-state index < -0.39 is 0 Å². The third-order valence-electron chi connectivity index (χ3n) is 4.72. The largest absolute Gasteiger partial charge is 0.496 e. The van der Waals surface area contributed by atoms with Crippen molar-refractivity contribution in [3.63, 3.8) is 0 Å². The molecule has 0 saturated carbocycles. The maximum absolute atomic E-state index is 12.9. The van der Waals surface area contributed by atoms with Crippen molar-refractivity contribution in [2.45, 2.75) is 6.92 Å². The van der Waals surface area contributed by atoms with E-state index in [1.54, 1.807) is 36.4 Å². The molecule has 1 amide bonds. The van der Waals surface area contributed by atoms with Crippen LogP contribution in [0, 0.1) is 6.92 Å². The number of aromatic nitrogens is 1. The number of nitrogens with one attached hydrogen (secondary N) is 1. The molecular formula is C23H19ClN2O4.